The monoisotopic (exact) mass is 536 g/mol. The molecule has 0 bridgehead atoms. The third-order valence-electron chi connectivity index (χ3n) is 7.43. The van der Waals surface area contributed by atoms with Gasteiger partial charge in [-0.15, -0.1) is 0 Å². The molecule has 0 saturated heterocycles. The minimum atomic E-state index is -0.441. The van der Waals surface area contributed by atoms with Crippen molar-refractivity contribution in [3.05, 3.63) is 59.0 Å². The molecule has 39 heavy (non-hydrogen) atoms. The third kappa shape index (κ3) is 7.27. The second kappa shape index (κ2) is 12.9. The maximum atomic E-state index is 13.6. The molecule has 3 atom stereocenters. The number of aliphatic hydroxyl groups is 1. The molecule has 2 aromatic rings. The van der Waals surface area contributed by atoms with Gasteiger partial charge in [0.05, 0.1) is 19.2 Å². The van der Waals surface area contributed by atoms with Gasteiger partial charge in [0.15, 0.2) is 0 Å². The average molecular weight is 537 g/mol. The lowest BCUT2D eigenvalue weighted by Crippen LogP contribution is -2.52. The number of nitrogens with one attached hydrogen (secondary N) is 1. The summed E-state index contributed by atoms with van der Waals surface area (Å²) in [5, 5.41) is 13.0. The molecule has 1 aromatic carbocycles. The second-order valence-corrected chi connectivity index (χ2v) is 10.6. The summed E-state index contributed by atoms with van der Waals surface area (Å²) in [5.41, 5.74) is 1.21. The standard InChI is InChI=1S/C30H37FN4O4/c1-20-17-35(21(2)19-36)29(37)26-15-23(13-12-22-8-7-9-24(31)14-22)16-32-28(26)39-27(20)18-34(3)30(38)33-25-10-5-4-6-11-25/h7-9,14-16,20-21,25,27,36H,4-6,10-11,17-19H2,1-3H3,(H,33,38)/t20-,21+,27-/m0/s1. The number of likely N-dealkylation sites (N-methyl/N-ethyl adjacent to an activating group) is 1. The fourth-order valence-electron chi connectivity index (χ4n) is 4.98. The molecule has 0 spiro atoms. The van der Waals surface area contributed by atoms with Crippen molar-refractivity contribution in [3.63, 3.8) is 0 Å². The SMILES string of the molecule is C[C@H](CO)N1C[C@H](C)[C@H](CN(C)C(=O)NC2CCCCC2)Oc2ncc(C#Cc3cccc(F)c3)cc2C1=O. The molecule has 4 rings (SSSR count). The normalized spacial score (nSPS) is 20.4. The number of hydrogen-bond donors (Lipinski definition) is 2. The van der Waals surface area contributed by atoms with Gasteiger partial charge in [-0.3, -0.25) is 4.79 Å². The van der Waals surface area contributed by atoms with E-state index >= 15 is 0 Å². The molecule has 2 heterocycles. The fraction of sp³-hybridized carbons (Fsp3) is 0.500. The van der Waals surface area contributed by atoms with E-state index in [4.69, 9.17) is 4.74 Å². The fourth-order valence-corrected chi connectivity index (χ4v) is 4.98. The number of rotatable bonds is 5. The first-order valence-corrected chi connectivity index (χ1v) is 13.6. The summed E-state index contributed by atoms with van der Waals surface area (Å²) in [6, 6.07) is 7.19. The number of carbonyl (C=O) groups excluding carboxylic acids is 2. The summed E-state index contributed by atoms with van der Waals surface area (Å²) >= 11 is 0. The Morgan fingerprint density at radius 1 is 1.26 bits per heavy atom. The third-order valence-corrected chi connectivity index (χ3v) is 7.43. The van der Waals surface area contributed by atoms with E-state index in [9.17, 15) is 19.1 Å². The van der Waals surface area contributed by atoms with Gasteiger partial charge in [-0.25, -0.2) is 14.2 Å². The van der Waals surface area contributed by atoms with Gasteiger partial charge in [-0.2, -0.15) is 0 Å². The Balaban J connectivity index is 1.58. The van der Waals surface area contributed by atoms with E-state index in [0.29, 0.717) is 24.2 Å². The topological polar surface area (TPSA) is 95.0 Å². The van der Waals surface area contributed by atoms with Crippen LogP contribution in [0.1, 0.15) is 67.4 Å². The number of aromatic nitrogens is 1. The highest BCUT2D eigenvalue weighted by molar-refractivity contribution is 5.97. The molecule has 2 N–H and O–H groups in total. The highest BCUT2D eigenvalue weighted by Crippen LogP contribution is 2.27. The van der Waals surface area contributed by atoms with Gasteiger partial charge < -0.3 is 25.0 Å². The van der Waals surface area contributed by atoms with Crippen molar-refractivity contribution in [1.29, 1.82) is 0 Å². The molecule has 3 amide bonds. The Morgan fingerprint density at radius 3 is 2.72 bits per heavy atom. The number of carbonyl (C=O) groups is 2. The highest BCUT2D eigenvalue weighted by atomic mass is 19.1. The first-order chi connectivity index (χ1) is 18.7. The van der Waals surface area contributed by atoms with E-state index in [1.807, 2.05) is 6.92 Å². The molecule has 1 aliphatic heterocycles. The van der Waals surface area contributed by atoms with Crippen LogP contribution in [0.2, 0.25) is 0 Å². The Bertz CT molecular complexity index is 1240. The summed E-state index contributed by atoms with van der Waals surface area (Å²) in [7, 11) is 1.74. The van der Waals surface area contributed by atoms with Crippen LogP contribution < -0.4 is 10.1 Å². The Labute approximate surface area is 229 Å². The van der Waals surface area contributed by atoms with Gasteiger partial charge in [0.25, 0.3) is 5.91 Å². The number of hydrogen-bond acceptors (Lipinski definition) is 5. The Kier molecular flexibility index (Phi) is 9.41. The molecule has 1 saturated carbocycles. The smallest absolute Gasteiger partial charge is 0.317 e. The summed E-state index contributed by atoms with van der Waals surface area (Å²) < 4.78 is 19.8. The lowest BCUT2D eigenvalue weighted by molar-refractivity contribution is 0.0351. The van der Waals surface area contributed by atoms with Crippen LogP contribution >= 0.6 is 0 Å². The summed E-state index contributed by atoms with van der Waals surface area (Å²) in [6.07, 6.45) is 6.52. The van der Waals surface area contributed by atoms with Crippen molar-refractivity contribution in [1.82, 2.24) is 20.1 Å². The van der Waals surface area contributed by atoms with Crippen molar-refractivity contribution >= 4 is 11.9 Å². The van der Waals surface area contributed by atoms with Gasteiger partial charge in [0, 0.05) is 42.9 Å². The number of nitrogens with zero attached hydrogens (tertiary/aromatic N) is 3. The number of pyridine rings is 1. The maximum absolute atomic E-state index is 13.6. The predicted octanol–water partition coefficient (Wildman–Crippen LogP) is 3.81. The van der Waals surface area contributed by atoms with Gasteiger partial charge in [-0.1, -0.05) is 44.1 Å². The van der Waals surface area contributed by atoms with E-state index < -0.39 is 12.1 Å². The van der Waals surface area contributed by atoms with Gasteiger partial charge >= 0.3 is 6.03 Å². The number of benzene rings is 1. The molecule has 1 fully saturated rings. The zero-order valence-corrected chi connectivity index (χ0v) is 22.8. The van der Waals surface area contributed by atoms with E-state index in [0.717, 1.165) is 25.7 Å². The zero-order chi connectivity index (χ0) is 27.9. The van der Waals surface area contributed by atoms with Gasteiger partial charge in [-0.05, 0) is 44.0 Å². The van der Waals surface area contributed by atoms with Crippen molar-refractivity contribution in [2.75, 3.05) is 26.7 Å². The molecule has 9 heteroatoms. The van der Waals surface area contributed by atoms with Crippen LogP contribution in [0.3, 0.4) is 0 Å². The molecule has 0 radical (unpaired) electrons. The number of fused-ring (bicyclic) bond motifs is 1. The van der Waals surface area contributed by atoms with Crippen molar-refractivity contribution < 1.29 is 23.8 Å². The lowest BCUT2D eigenvalue weighted by Gasteiger charge is -2.38. The molecule has 2 aliphatic rings. The first kappa shape index (κ1) is 28.4. The molecule has 8 nitrogen and oxygen atoms in total. The van der Waals surface area contributed by atoms with Crippen molar-refractivity contribution in [2.45, 2.75) is 64.1 Å². The lowest BCUT2D eigenvalue weighted by atomic mass is 9.96. The predicted molar refractivity (Wildman–Crippen MR) is 146 cm³/mol. The van der Waals surface area contributed by atoms with Crippen LogP contribution in [-0.4, -0.2) is 76.8 Å². The quantitative estimate of drug-likeness (QED) is 0.567. The second-order valence-electron chi connectivity index (χ2n) is 10.6. The first-order valence-electron chi connectivity index (χ1n) is 13.6. The maximum Gasteiger partial charge on any atom is 0.317 e. The minimum Gasteiger partial charge on any atom is -0.472 e. The number of halogens is 1. The van der Waals surface area contributed by atoms with E-state index in [1.54, 1.807) is 42.0 Å². The highest BCUT2D eigenvalue weighted by Gasteiger charge is 2.35. The molecular weight excluding hydrogens is 499 g/mol. The number of ether oxygens (including phenoxy) is 1. The van der Waals surface area contributed by atoms with E-state index in [-0.39, 0.29) is 47.8 Å². The Hall–Kier alpha value is -3.64. The van der Waals surface area contributed by atoms with Crippen LogP contribution in [0.4, 0.5) is 9.18 Å². The summed E-state index contributed by atoms with van der Waals surface area (Å²) in [5.74, 6) is 5.15. The largest absolute Gasteiger partial charge is 0.472 e. The molecule has 1 aliphatic carbocycles. The molecule has 208 valence electrons. The van der Waals surface area contributed by atoms with Crippen LogP contribution in [0, 0.1) is 23.6 Å². The van der Waals surface area contributed by atoms with Crippen molar-refractivity contribution in [3.8, 4) is 17.7 Å². The van der Waals surface area contributed by atoms with Gasteiger partial charge in [0.2, 0.25) is 5.88 Å². The summed E-state index contributed by atoms with van der Waals surface area (Å²) in [6.45, 7) is 4.19. The number of urea groups is 1. The molecule has 1 aromatic heterocycles. The number of aliphatic hydroxyl groups excluding tert-OH is 1. The Morgan fingerprint density at radius 2 is 2.00 bits per heavy atom. The van der Waals surface area contributed by atoms with Crippen LogP contribution in [0.25, 0.3) is 0 Å². The zero-order valence-electron chi connectivity index (χ0n) is 22.8. The number of amides is 3. The molecule has 0 unspecified atom stereocenters. The van der Waals surface area contributed by atoms with Crippen molar-refractivity contribution in [2.24, 2.45) is 5.92 Å². The average Bonchev–Trinajstić information content (AvgIpc) is 2.94. The minimum absolute atomic E-state index is 0.143. The van der Waals surface area contributed by atoms with Gasteiger partial charge in [0.1, 0.15) is 17.5 Å². The van der Waals surface area contributed by atoms with Crippen LogP contribution in [0.15, 0.2) is 36.5 Å². The van der Waals surface area contributed by atoms with Crippen LogP contribution in [-0.2, 0) is 0 Å². The summed E-state index contributed by atoms with van der Waals surface area (Å²) in [4.78, 5) is 34.2. The van der Waals surface area contributed by atoms with E-state index in [2.05, 4.69) is 22.1 Å². The van der Waals surface area contributed by atoms with Crippen LogP contribution in [0.5, 0.6) is 5.88 Å². The molecular formula is C30H37FN4O4. The van der Waals surface area contributed by atoms with E-state index in [1.165, 1.54) is 24.8 Å².